The van der Waals surface area contributed by atoms with Gasteiger partial charge in [-0.25, -0.2) is 0 Å². The Morgan fingerprint density at radius 1 is 1.38 bits per heavy atom. The molecule has 3 nitrogen and oxygen atoms in total. The van der Waals surface area contributed by atoms with Crippen molar-refractivity contribution in [3.05, 3.63) is 28.8 Å². The fraction of sp³-hybridized carbons (Fsp3) is 0.600. The van der Waals surface area contributed by atoms with Gasteiger partial charge < -0.3 is 10.1 Å². The summed E-state index contributed by atoms with van der Waals surface area (Å²) >= 11 is 5.98. The molecule has 0 amide bonds. The first kappa shape index (κ1) is 16.5. The van der Waals surface area contributed by atoms with Crippen molar-refractivity contribution in [3.63, 3.8) is 0 Å². The number of benzene rings is 1. The molecule has 1 N–H and O–H groups in total. The molecule has 0 saturated carbocycles. The van der Waals surface area contributed by atoms with E-state index in [2.05, 4.69) is 15.0 Å². The number of hydrogen-bond donors (Lipinski definition) is 1. The average Bonchev–Trinajstić information content (AvgIpc) is 2.70. The molecule has 1 saturated heterocycles. The van der Waals surface area contributed by atoms with E-state index in [1.807, 2.05) is 7.05 Å². The van der Waals surface area contributed by atoms with Gasteiger partial charge in [0, 0.05) is 23.2 Å². The Morgan fingerprint density at radius 3 is 2.95 bits per heavy atom. The molecule has 1 aromatic rings. The summed E-state index contributed by atoms with van der Waals surface area (Å²) in [6, 6.07) is 5.22. The second kappa shape index (κ2) is 7.92. The molecule has 1 heterocycles. The molecule has 1 aliphatic rings. The van der Waals surface area contributed by atoms with Crippen LogP contribution >= 0.6 is 11.6 Å². The van der Waals surface area contributed by atoms with E-state index < -0.39 is 6.61 Å². The summed E-state index contributed by atoms with van der Waals surface area (Å²) in [5.41, 5.74) is 0.697. The summed E-state index contributed by atoms with van der Waals surface area (Å²) in [4.78, 5) is 2.19. The SMILES string of the molecule is CN(Cc1cc(Cl)ccc1OC(F)F)C1CCCNCC1. The van der Waals surface area contributed by atoms with Crippen molar-refractivity contribution >= 4 is 11.6 Å². The van der Waals surface area contributed by atoms with Crippen molar-refractivity contribution in [1.82, 2.24) is 10.2 Å². The van der Waals surface area contributed by atoms with Gasteiger partial charge in [-0.15, -0.1) is 0 Å². The minimum atomic E-state index is -2.82. The lowest BCUT2D eigenvalue weighted by Crippen LogP contribution is -2.32. The lowest BCUT2D eigenvalue weighted by Gasteiger charge is -2.27. The van der Waals surface area contributed by atoms with Crippen LogP contribution in [0.15, 0.2) is 18.2 Å². The van der Waals surface area contributed by atoms with E-state index >= 15 is 0 Å². The van der Waals surface area contributed by atoms with Crippen LogP contribution in [-0.2, 0) is 6.54 Å². The number of halogens is 3. The van der Waals surface area contributed by atoms with Crippen LogP contribution in [0.25, 0.3) is 0 Å². The molecule has 0 spiro atoms. The highest BCUT2D eigenvalue weighted by molar-refractivity contribution is 6.30. The predicted molar refractivity (Wildman–Crippen MR) is 80.1 cm³/mol. The maximum atomic E-state index is 12.5. The van der Waals surface area contributed by atoms with Crippen LogP contribution in [0, 0.1) is 0 Å². The molecule has 1 atom stereocenters. The zero-order chi connectivity index (χ0) is 15.2. The van der Waals surface area contributed by atoms with E-state index in [1.165, 1.54) is 6.07 Å². The minimum Gasteiger partial charge on any atom is -0.434 e. The minimum absolute atomic E-state index is 0.202. The van der Waals surface area contributed by atoms with Crippen molar-refractivity contribution in [3.8, 4) is 5.75 Å². The zero-order valence-corrected chi connectivity index (χ0v) is 12.9. The summed E-state index contributed by atoms with van der Waals surface area (Å²) < 4.78 is 29.5. The highest BCUT2D eigenvalue weighted by Gasteiger charge is 2.19. The normalized spacial score (nSPS) is 19.8. The van der Waals surface area contributed by atoms with Crippen LogP contribution in [0.1, 0.15) is 24.8 Å². The molecule has 0 bridgehead atoms. The number of hydrogen-bond acceptors (Lipinski definition) is 3. The number of ether oxygens (including phenoxy) is 1. The molecular formula is C15H21ClF2N2O. The first-order chi connectivity index (χ1) is 10.1. The van der Waals surface area contributed by atoms with E-state index in [-0.39, 0.29) is 5.75 Å². The van der Waals surface area contributed by atoms with Gasteiger partial charge in [0.1, 0.15) is 5.75 Å². The molecule has 1 unspecified atom stereocenters. The summed E-state index contributed by atoms with van der Waals surface area (Å²) in [5.74, 6) is 0.202. The summed E-state index contributed by atoms with van der Waals surface area (Å²) in [6.07, 6.45) is 3.29. The Morgan fingerprint density at radius 2 is 2.19 bits per heavy atom. The second-order valence-electron chi connectivity index (χ2n) is 5.38. The van der Waals surface area contributed by atoms with Gasteiger partial charge in [0.15, 0.2) is 0 Å². The maximum absolute atomic E-state index is 12.5. The van der Waals surface area contributed by atoms with Gasteiger partial charge in [0.05, 0.1) is 0 Å². The van der Waals surface area contributed by atoms with E-state index in [1.54, 1.807) is 12.1 Å². The van der Waals surface area contributed by atoms with Gasteiger partial charge >= 0.3 is 6.61 Å². The Bertz CT molecular complexity index is 451. The molecule has 1 aromatic carbocycles. The van der Waals surface area contributed by atoms with Crippen LogP contribution in [0.3, 0.4) is 0 Å². The van der Waals surface area contributed by atoms with Crippen LogP contribution in [0.4, 0.5) is 8.78 Å². The largest absolute Gasteiger partial charge is 0.434 e. The van der Waals surface area contributed by atoms with Crippen molar-refractivity contribution in [2.45, 2.75) is 38.5 Å². The van der Waals surface area contributed by atoms with Crippen molar-refractivity contribution in [2.24, 2.45) is 0 Å². The number of alkyl halides is 2. The molecule has 6 heteroatoms. The zero-order valence-electron chi connectivity index (χ0n) is 12.1. The standard InChI is InChI=1S/C15H21ClF2N2O/c1-20(13-3-2-7-19-8-6-13)10-11-9-12(16)4-5-14(11)21-15(17)18/h4-5,9,13,15,19H,2-3,6-8,10H2,1H3. The van der Waals surface area contributed by atoms with Gasteiger partial charge in [0.25, 0.3) is 0 Å². The number of rotatable bonds is 5. The first-order valence-corrected chi connectivity index (χ1v) is 7.58. The predicted octanol–water partition coefficient (Wildman–Crippen LogP) is 3.52. The topological polar surface area (TPSA) is 24.5 Å². The molecular weight excluding hydrogens is 298 g/mol. The Kier molecular flexibility index (Phi) is 6.21. The third-order valence-electron chi connectivity index (χ3n) is 3.83. The van der Waals surface area contributed by atoms with E-state index in [9.17, 15) is 8.78 Å². The molecule has 0 aliphatic carbocycles. The quantitative estimate of drug-likeness (QED) is 0.899. The molecule has 118 valence electrons. The van der Waals surface area contributed by atoms with Gasteiger partial charge in [-0.1, -0.05) is 11.6 Å². The Balaban J connectivity index is 2.07. The van der Waals surface area contributed by atoms with E-state index in [0.717, 1.165) is 32.4 Å². The fourth-order valence-corrected chi connectivity index (χ4v) is 2.92. The lowest BCUT2D eigenvalue weighted by atomic mass is 10.1. The van der Waals surface area contributed by atoms with Gasteiger partial charge in [-0.2, -0.15) is 8.78 Å². The third-order valence-corrected chi connectivity index (χ3v) is 4.06. The number of nitrogens with zero attached hydrogens (tertiary/aromatic N) is 1. The van der Waals surface area contributed by atoms with Crippen LogP contribution in [0.5, 0.6) is 5.75 Å². The molecule has 1 fully saturated rings. The van der Waals surface area contributed by atoms with Gasteiger partial charge in [0.2, 0.25) is 0 Å². The highest BCUT2D eigenvalue weighted by Crippen LogP contribution is 2.27. The first-order valence-electron chi connectivity index (χ1n) is 7.20. The average molecular weight is 319 g/mol. The molecule has 2 rings (SSSR count). The molecule has 0 aromatic heterocycles. The Hall–Kier alpha value is -0.910. The van der Waals surface area contributed by atoms with Crippen molar-refractivity contribution < 1.29 is 13.5 Å². The maximum Gasteiger partial charge on any atom is 0.387 e. The lowest BCUT2D eigenvalue weighted by molar-refractivity contribution is -0.0508. The van der Waals surface area contributed by atoms with E-state index in [4.69, 9.17) is 11.6 Å². The van der Waals surface area contributed by atoms with Gasteiger partial charge in [-0.05, 0) is 57.6 Å². The second-order valence-corrected chi connectivity index (χ2v) is 5.82. The smallest absolute Gasteiger partial charge is 0.387 e. The third kappa shape index (κ3) is 5.09. The Labute approximate surface area is 129 Å². The molecule has 1 aliphatic heterocycles. The number of nitrogens with one attached hydrogen (secondary N) is 1. The highest BCUT2D eigenvalue weighted by atomic mass is 35.5. The van der Waals surface area contributed by atoms with E-state index in [0.29, 0.717) is 23.2 Å². The van der Waals surface area contributed by atoms with Gasteiger partial charge in [-0.3, -0.25) is 4.90 Å². The summed E-state index contributed by atoms with van der Waals surface area (Å²) in [7, 11) is 2.02. The van der Waals surface area contributed by atoms with Crippen LogP contribution in [0.2, 0.25) is 5.02 Å². The summed E-state index contributed by atoms with van der Waals surface area (Å²) in [6.45, 7) is -0.239. The monoisotopic (exact) mass is 318 g/mol. The van der Waals surface area contributed by atoms with Crippen molar-refractivity contribution in [1.29, 1.82) is 0 Å². The molecule has 21 heavy (non-hydrogen) atoms. The molecule has 0 radical (unpaired) electrons. The summed E-state index contributed by atoms with van der Waals surface area (Å²) in [5, 5.41) is 3.90. The fourth-order valence-electron chi connectivity index (χ4n) is 2.72. The van der Waals surface area contributed by atoms with Crippen molar-refractivity contribution in [2.75, 3.05) is 20.1 Å². The van der Waals surface area contributed by atoms with Crippen LogP contribution in [-0.4, -0.2) is 37.7 Å². The van der Waals surface area contributed by atoms with Crippen LogP contribution < -0.4 is 10.1 Å².